The molecule has 9 rings (SSSR count). The molecule has 0 heterocycles. The Balaban J connectivity index is -0.000000241. The summed E-state index contributed by atoms with van der Waals surface area (Å²) in [6, 6.07) is 0. The van der Waals surface area contributed by atoms with Gasteiger partial charge >= 0.3 is 10.4 Å². The van der Waals surface area contributed by atoms with Crippen molar-refractivity contribution in [2.24, 2.45) is 0 Å². The third-order valence-corrected chi connectivity index (χ3v) is 9.34. The molecule has 9 saturated carbocycles. The van der Waals surface area contributed by atoms with E-state index < -0.39 is 10.4 Å². The van der Waals surface area contributed by atoms with Crippen LogP contribution < -0.4 is 5.26 Å². The maximum atomic E-state index is 9.24. The SMILES string of the molecule is C1CCC1.C1CCC1.C1CCC1.C1CCC1.C1CCC1.C1CCC1.C1CCC1.C1CCC1.C1CCC1.CCC.CCC.CCC.O=S(=O)(O)OO[O-]. The summed E-state index contributed by atoms with van der Waals surface area (Å²) >= 11 is 0. The van der Waals surface area contributed by atoms with Gasteiger partial charge < -0.3 is 5.26 Å². The van der Waals surface area contributed by atoms with Gasteiger partial charge in [0.15, 0.2) is 0 Å². The Morgan fingerprint density at radius 3 is 0.404 bits per heavy atom. The molecule has 9 aliphatic carbocycles. The second-order valence-corrected chi connectivity index (χ2v) is 16.4. The molecule has 0 aliphatic heterocycles. The maximum absolute atomic E-state index is 9.24. The molecule has 0 spiro atoms. The van der Waals surface area contributed by atoms with Crippen LogP contribution in [0.5, 0.6) is 0 Å². The zero-order chi connectivity index (χ0) is 39.5. The normalized spacial score (nSPS) is 19.2. The van der Waals surface area contributed by atoms with Crippen molar-refractivity contribution in [3.05, 3.63) is 0 Å². The summed E-state index contributed by atoms with van der Waals surface area (Å²) in [5.41, 5.74) is 0. The molecular weight excluding hydrogens is 669 g/mol. The minimum absolute atomic E-state index is 1.25. The highest BCUT2D eigenvalue weighted by atomic mass is 32.3. The van der Waals surface area contributed by atoms with Crippen LogP contribution in [0.15, 0.2) is 0 Å². The quantitative estimate of drug-likeness (QED) is 0.171. The van der Waals surface area contributed by atoms with E-state index in [1.165, 1.54) is 250 Å². The van der Waals surface area contributed by atoms with Crippen LogP contribution in [-0.4, -0.2) is 13.0 Å². The summed E-state index contributed by atoms with van der Waals surface area (Å²) in [7, 11) is -4.71. The lowest BCUT2D eigenvalue weighted by atomic mass is 10.0. The van der Waals surface area contributed by atoms with Gasteiger partial charge in [-0.25, -0.2) is 0 Å². The summed E-state index contributed by atoms with van der Waals surface area (Å²) in [6.45, 7) is 12.8. The van der Waals surface area contributed by atoms with Gasteiger partial charge in [0, 0.05) is 0 Å². The topological polar surface area (TPSA) is 95.9 Å². The van der Waals surface area contributed by atoms with Crippen molar-refractivity contribution in [1.29, 1.82) is 0 Å². The van der Waals surface area contributed by atoms with E-state index in [0.717, 1.165) is 0 Å². The second kappa shape index (κ2) is 57.5. The molecule has 0 aromatic carbocycles. The predicted molar refractivity (Wildman–Crippen MR) is 228 cm³/mol. The van der Waals surface area contributed by atoms with Crippen LogP contribution in [-0.2, 0) is 19.8 Å². The first-order valence-electron chi connectivity index (χ1n) is 23.3. The van der Waals surface area contributed by atoms with Gasteiger partial charge in [-0.05, 0) is 0 Å². The van der Waals surface area contributed by atoms with Crippen molar-refractivity contribution in [2.45, 2.75) is 292 Å². The molecule has 0 aromatic rings. The van der Waals surface area contributed by atoms with Gasteiger partial charge in [-0.3, -0.25) is 9.59 Å². The van der Waals surface area contributed by atoms with E-state index in [1.54, 1.807) is 0 Å². The van der Waals surface area contributed by atoms with Crippen LogP contribution in [0.1, 0.15) is 292 Å². The summed E-state index contributed by atoms with van der Waals surface area (Å²) < 4.78 is 28.6. The fraction of sp³-hybridized carbons (Fsp3) is 1.00. The van der Waals surface area contributed by atoms with Crippen LogP contribution in [0.25, 0.3) is 0 Å². The Morgan fingerprint density at radius 1 is 0.327 bits per heavy atom. The molecule has 0 saturated heterocycles. The first-order valence-corrected chi connectivity index (χ1v) is 24.6. The Hall–Kier alpha value is -0.210. The Morgan fingerprint density at radius 2 is 0.404 bits per heavy atom. The van der Waals surface area contributed by atoms with Crippen LogP contribution in [0, 0.1) is 0 Å². The molecule has 7 heteroatoms. The van der Waals surface area contributed by atoms with Crippen molar-refractivity contribution < 1.29 is 27.6 Å². The first-order chi connectivity index (χ1) is 25.3. The third-order valence-electron chi connectivity index (χ3n) is 9.11. The van der Waals surface area contributed by atoms with E-state index in [1.807, 2.05) is 0 Å². The lowest BCUT2D eigenvalue weighted by Gasteiger charge is -2.05. The third kappa shape index (κ3) is 74.9. The summed E-state index contributed by atoms with van der Waals surface area (Å²) in [6.07, 6.45) is 57.8. The zero-order valence-corrected chi connectivity index (χ0v) is 37.3. The largest absolute Gasteiger partial charge is 0.691 e. The number of hydrogen-bond donors (Lipinski definition) is 1. The van der Waals surface area contributed by atoms with Gasteiger partial charge in [0.25, 0.3) is 0 Å². The highest BCUT2D eigenvalue weighted by molar-refractivity contribution is 7.80. The molecule has 0 atom stereocenters. The van der Waals surface area contributed by atoms with Crippen LogP contribution in [0.4, 0.5) is 0 Å². The van der Waals surface area contributed by atoms with Gasteiger partial charge in [0.2, 0.25) is 0 Å². The van der Waals surface area contributed by atoms with Crippen LogP contribution >= 0.6 is 0 Å². The molecule has 0 radical (unpaired) electrons. The molecular formula is C45H97O6S-. The zero-order valence-electron chi connectivity index (χ0n) is 36.5. The second-order valence-electron chi connectivity index (χ2n) is 15.4. The molecule has 0 aromatic heterocycles. The maximum Gasteiger partial charge on any atom is 0.423 e. The van der Waals surface area contributed by atoms with Crippen molar-refractivity contribution in [1.82, 2.24) is 0 Å². The van der Waals surface area contributed by atoms with Gasteiger partial charge in [0.1, 0.15) is 0 Å². The first kappa shape index (κ1) is 58.5. The fourth-order valence-corrected chi connectivity index (χ4v) is 2.36. The highest BCUT2D eigenvalue weighted by Crippen LogP contribution is 2.18. The predicted octanol–water partition coefficient (Wildman–Crippen LogP) is 16.3. The average molecular weight is 766 g/mol. The van der Waals surface area contributed by atoms with Crippen LogP contribution in [0.2, 0.25) is 0 Å². The van der Waals surface area contributed by atoms with E-state index in [9.17, 15) is 8.42 Å². The van der Waals surface area contributed by atoms with Crippen molar-refractivity contribution >= 4 is 10.4 Å². The van der Waals surface area contributed by atoms with E-state index in [4.69, 9.17) is 9.81 Å². The van der Waals surface area contributed by atoms with E-state index in [2.05, 4.69) is 50.9 Å². The minimum Gasteiger partial charge on any atom is -0.691 e. The molecule has 0 unspecified atom stereocenters. The standard InChI is InChI=1S/9C4H8.3C3H8.H2O6S/c9*1-2-4-3-1;3*1-3-2;1-5-6-7(2,3)4/h9*1-4H2;3*3H2,1-2H3;1H,(H,2,3,4)/p-1. The molecule has 0 amide bonds. The van der Waals surface area contributed by atoms with Gasteiger partial charge in [-0.15, -0.1) is 0 Å². The van der Waals surface area contributed by atoms with Crippen LogP contribution in [0.3, 0.4) is 0 Å². The van der Waals surface area contributed by atoms with E-state index in [-0.39, 0.29) is 0 Å². The molecule has 6 nitrogen and oxygen atoms in total. The summed E-state index contributed by atoms with van der Waals surface area (Å²) in [4.78, 5) is 0. The molecule has 1 N–H and O–H groups in total. The fourth-order valence-electron chi connectivity index (χ4n) is 2.29. The van der Waals surface area contributed by atoms with Crippen molar-refractivity contribution in [3.63, 3.8) is 0 Å². The summed E-state index contributed by atoms with van der Waals surface area (Å²) in [5.74, 6) is 0. The lowest BCUT2D eigenvalue weighted by Crippen LogP contribution is -2.11. The van der Waals surface area contributed by atoms with Gasteiger partial charge in [-0.1, -0.05) is 296 Å². The molecule has 9 fully saturated rings. The smallest absolute Gasteiger partial charge is 0.423 e. The monoisotopic (exact) mass is 766 g/mol. The van der Waals surface area contributed by atoms with Gasteiger partial charge in [0.05, 0.1) is 0 Å². The molecule has 52 heavy (non-hydrogen) atoms. The lowest BCUT2D eigenvalue weighted by molar-refractivity contribution is -0.779. The van der Waals surface area contributed by atoms with Crippen molar-refractivity contribution in [3.8, 4) is 0 Å². The van der Waals surface area contributed by atoms with E-state index >= 15 is 0 Å². The van der Waals surface area contributed by atoms with Crippen molar-refractivity contribution in [2.75, 3.05) is 0 Å². The average Bonchev–Trinajstić information content (AvgIpc) is 2.69. The Kier molecular flexibility index (Phi) is 64.7. The summed E-state index contributed by atoms with van der Waals surface area (Å²) in [5, 5.41) is 11.0. The minimum atomic E-state index is -4.71. The number of hydrogen-bond acceptors (Lipinski definition) is 5. The molecule has 0 bridgehead atoms. The molecule has 9 aliphatic rings. The number of rotatable bonds is 2. The Labute approximate surface area is 329 Å². The van der Waals surface area contributed by atoms with Gasteiger partial charge in [-0.2, -0.15) is 8.42 Å². The Bertz CT molecular complexity index is 467. The van der Waals surface area contributed by atoms with E-state index in [0.29, 0.717) is 0 Å². The highest BCUT2D eigenvalue weighted by Gasteiger charge is 2.00. The molecule has 320 valence electrons.